The van der Waals surface area contributed by atoms with Crippen LogP contribution >= 0.6 is 28.7 Å². The zero-order valence-corrected chi connectivity index (χ0v) is 15.7. The number of aromatic nitrogens is 2. The van der Waals surface area contributed by atoms with Gasteiger partial charge in [0.15, 0.2) is 10.9 Å². The van der Waals surface area contributed by atoms with Crippen molar-refractivity contribution in [1.82, 2.24) is 9.55 Å². The topological polar surface area (TPSA) is 44.1 Å². The molecule has 0 N–H and O–H groups in total. The first-order chi connectivity index (χ1) is 11.1. The molecular formula is C17H16BrFN2O2S. The van der Waals surface area contributed by atoms with Crippen molar-refractivity contribution in [2.75, 3.05) is 12.9 Å². The third-order valence-corrected chi connectivity index (χ3v) is 4.59. The number of ether oxygens (including phenoxy) is 1. The number of para-hydroxylation sites is 2. The van der Waals surface area contributed by atoms with Gasteiger partial charge in [-0.15, -0.1) is 17.0 Å². The van der Waals surface area contributed by atoms with Gasteiger partial charge < -0.3 is 9.30 Å². The second-order valence-electron chi connectivity index (χ2n) is 5.00. The fourth-order valence-electron chi connectivity index (χ4n) is 2.31. The number of fused-ring (bicyclic) bond motifs is 1. The standard InChI is InChI=1S/C17H15FN2O2S.BrH/c1-20-15-6-4-3-5-14(15)19-17(20)23-10-16(21)12-8-7-11(22-2)9-13(12)18;/h3-9H,10H2,1-2H3;1H. The molecule has 0 fully saturated rings. The summed E-state index contributed by atoms with van der Waals surface area (Å²) < 4.78 is 20.8. The van der Waals surface area contributed by atoms with Crippen molar-refractivity contribution >= 4 is 45.6 Å². The van der Waals surface area contributed by atoms with Gasteiger partial charge in [0.05, 0.1) is 29.5 Å². The van der Waals surface area contributed by atoms with Gasteiger partial charge in [0.2, 0.25) is 0 Å². The van der Waals surface area contributed by atoms with Crippen LogP contribution in [-0.4, -0.2) is 28.2 Å². The van der Waals surface area contributed by atoms with Crippen LogP contribution in [0.15, 0.2) is 47.6 Å². The van der Waals surface area contributed by atoms with Crippen molar-refractivity contribution in [3.8, 4) is 5.75 Å². The molecule has 0 radical (unpaired) electrons. The first-order valence-electron chi connectivity index (χ1n) is 7.01. The molecule has 0 saturated heterocycles. The summed E-state index contributed by atoms with van der Waals surface area (Å²) in [4.78, 5) is 16.7. The van der Waals surface area contributed by atoms with E-state index in [0.717, 1.165) is 16.2 Å². The maximum absolute atomic E-state index is 13.9. The SMILES string of the molecule is Br.COc1ccc(C(=O)CSc2nc3ccccc3n2C)c(F)c1. The Bertz CT molecular complexity index is 882. The molecule has 1 heterocycles. The number of carbonyl (C=O) groups is 1. The minimum Gasteiger partial charge on any atom is -0.497 e. The summed E-state index contributed by atoms with van der Waals surface area (Å²) in [5.74, 6) is -0.329. The molecule has 0 unspecified atom stereocenters. The Hall–Kier alpha value is -1.86. The summed E-state index contributed by atoms with van der Waals surface area (Å²) in [6.07, 6.45) is 0. The lowest BCUT2D eigenvalue weighted by Gasteiger charge is -2.05. The van der Waals surface area contributed by atoms with E-state index in [9.17, 15) is 9.18 Å². The van der Waals surface area contributed by atoms with Crippen LogP contribution in [0.4, 0.5) is 4.39 Å². The molecule has 0 amide bonds. The number of hydrogen-bond donors (Lipinski definition) is 0. The van der Waals surface area contributed by atoms with Gasteiger partial charge in [-0.2, -0.15) is 0 Å². The highest BCUT2D eigenvalue weighted by Crippen LogP contribution is 2.24. The van der Waals surface area contributed by atoms with Crippen molar-refractivity contribution < 1.29 is 13.9 Å². The lowest BCUT2D eigenvalue weighted by Crippen LogP contribution is -2.06. The summed E-state index contributed by atoms with van der Waals surface area (Å²) >= 11 is 1.30. The number of imidazole rings is 1. The van der Waals surface area contributed by atoms with Gasteiger partial charge >= 0.3 is 0 Å². The molecule has 0 aliphatic rings. The highest BCUT2D eigenvalue weighted by Gasteiger charge is 2.15. The number of ketones is 1. The first-order valence-corrected chi connectivity index (χ1v) is 7.99. The number of thioether (sulfide) groups is 1. The minimum atomic E-state index is -0.569. The number of carbonyl (C=O) groups excluding carboxylic acids is 1. The van der Waals surface area contributed by atoms with E-state index in [2.05, 4.69) is 4.98 Å². The van der Waals surface area contributed by atoms with E-state index >= 15 is 0 Å². The molecule has 0 aliphatic carbocycles. The van der Waals surface area contributed by atoms with Gasteiger partial charge in [0.25, 0.3) is 0 Å². The molecule has 2 aromatic carbocycles. The first kappa shape index (κ1) is 18.5. The molecule has 0 saturated carbocycles. The molecule has 0 spiro atoms. The van der Waals surface area contributed by atoms with Crippen LogP contribution in [0.5, 0.6) is 5.75 Å². The average molecular weight is 411 g/mol. The van der Waals surface area contributed by atoms with E-state index in [0.29, 0.717) is 5.75 Å². The average Bonchev–Trinajstić information content (AvgIpc) is 2.89. The van der Waals surface area contributed by atoms with Gasteiger partial charge in [0.1, 0.15) is 11.6 Å². The number of benzene rings is 2. The second-order valence-corrected chi connectivity index (χ2v) is 5.94. The molecule has 0 atom stereocenters. The number of hydrogen-bond acceptors (Lipinski definition) is 4. The highest BCUT2D eigenvalue weighted by atomic mass is 79.9. The van der Waals surface area contributed by atoms with Gasteiger partial charge in [-0.3, -0.25) is 4.79 Å². The maximum atomic E-state index is 13.9. The summed E-state index contributed by atoms with van der Waals surface area (Å²) in [5, 5.41) is 0.730. The fourth-order valence-corrected chi connectivity index (χ4v) is 3.18. The predicted octanol–water partition coefficient (Wildman–Crippen LogP) is 4.27. The number of aryl methyl sites for hydroxylation is 1. The Morgan fingerprint density at radius 3 is 2.71 bits per heavy atom. The summed E-state index contributed by atoms with van der Waals surface area (Å²) in [6, 6.07) is 12.0. The molecule has 24 heavy (non-hydrogen) atoms. The smallest absolute Gasteiger partial charge is 0.176 e. The van der Waals surface area contributed by atoms with Crippen LogP contribution in [0.3, 0.4) is 0 Å². The van der Waals surface area contributed by atoms with E-state index in [1.807, 2.05) is 35.9 Å². The quantitative estimate of drug-likeness (QED) is 0.465. The molecule has 0 bridgehead atoms. The van der Waals surface area contributed by atoms with Crippen LogP contribution < -0.4 is 4.74 Å². The molecule has 3 aromatic rings. The lowest BCUT2D eigenvalue weighted by molar-refractivity contribution is 0.101. The second kappa shape index (κ2) is 7.81. The third kappa shape index (κ3) is 3.62. The molecule has 7 heteroatoms. The normalized spacial score (nSPS) is 10.5. The molecule has 3 rings (SSSR count). The molecular weight excluding hydrogens is 395 g/mol. The van der Waals surface area contributed by atoms with E-state index in [1.165, 1.54) is 31.0 Å². The molecule has 0 aliphatic heterocycles. The van der Waals surface area contributed by atoms with Crippen molar-refractivity contribution in [1.29, 1.82) is 0 Å². The monoisotopic (exact) mass is 410 g/mol. The molecule has 1 aromatic heterocycles. The van der Waals surface area contributed by atoms with Gasteiger partial charge in [-0.25, -0.2) is 9.37 Å². The minimum absolute atomic E-state index is 0. The Morgan fingerprint density at radius 2 is 2.04 bits per heavy atom. The number of Topliss-reactive ketones (excluding diaryl/α,β-unsaturated/α-hetero) is 1. The number of rotatable bonds is 5. The van der Waals surface area contributed by atoms with E-state index in [4.69, 9.17) is 4.74 Å². The van der Waals surface area contributed by atoms with Crippen molar-refractivity contribution in [3.63, 3.8) is 0 Å². The molecule has 126 valence electrons. The zero-order valence-electron chi connectivity index (χ0n) is 13.2. The van der Waals surface area contributed by atoms with E-state index in [-0.39, 0.29) is 34.1 Å². The van der Waals surface area contributed by atoms with Crippen molar-refractivity contribution in [2.24, 2.45) is 7.05 Å². The maximum Gasteiger partial charge on any atom is 0.176 e. The number of halogens is 2. The van der Waals surface area contributed by atoms with Crippen molar-refractivity contribution in [2.45, 2.75) is 5.16 Å². The highest BCUT2D eigenvalue weighted by molar-refractivity contribution is 8.93. The Balaban J connectivity index is 0.00000208. The van der Waals surface area contributed by atoms with Gasteiger partial charge in [-0.05, 0) is 24.3 Å². The summed E-state index contributed by atoms with van der Waals surface area (Å²) in [6.45, 7) is 0. The van der Waals surface area contributed by atoms with Crippen LogP contribution in [0.2, 0.25) is 0 Å². The fraction of sp³-hybridized carbons (Fsp3) is 0.176. The Labute approximate surface area is 153 Å². The van der Waals surface area contributed by atoms with Crippen molar-refractivity contribution in [3.05, 3.63) is 53.8 Å². The van der Waals surface area contributed by atoms with Crippen LogP contribution in [0.25, 0.3) is 11.0 Å². The lowest BCUT2D eigenvalue weighted by atomic mass is 10.1. The summed E-state index contributed by atoms with van der Waals surface area (Å²) in [5.41, 5.74) is 1.94. The van der Waals surface area contributed by atoms with E-state index in [1.54, 1.807) is 6.07 Å². The Kier molecular flexibility index (Phi) is 6.01. The van der Waals surface area contributed by atoms with Gasteiger partial charge in [-0.1, -0.05) is 23.9 Å². The number of nitrogens with zero attached hydrogens (tertiary/aromatic N) is 2. The Morgan fingerprint density at radius 1 is 1.29 bits per heavy atom. The van der Waals surface area contributed by atoms with Crippen LogP contribution in [0.1, 0.15) is 10.4 Å². The van der Waals surface area contributed by atoms with Crippen LogP contribution in [0, 0.1) is 5.82 Å². The molecule has 4 nitrogen and oxygen atoms in total. The van der Waals surface area contributed by atoms with Crippen LogP contribution in [-0.2, 0) is 7.05 Å². The third-order valence-electron chi connectivity index (χ3n) is 3.56. The van der Waals surface area contributed by atoms with E-state index < -0.39 is 5.82 Å². The zero-order chi connectivity index (χ0) is 16.4. The predicted molar refractivity (Wildman–Crippen MR) is 99.0 cm³/mol. The summed E-state index contributed by atoms with van der Waals surface area (Å²) in [7, 11) is 3.36. The van der Waals surface area contributed by atoms with Gasteiger partial charge in [0, 0.05) is 13.1 Å². The largest absolute Gasteiger partial charge is 0.497 e. The number of methoxy groups -OCH3 is 1.